The van der Waals surface area contributed by atoms with Gasteiger partial charge in [0.2, 0.25) is 5.91 Å². The lowest BCUT2D eigenvalue weighted by atomic mass is 10.1. The van der Waals surface area contributed by atoms with Gasteiger partial charge in [-0.3, -0.25) is 4.79 Å². The smallest absolute Gasteiger partial charge is 0.225 e. The van der Waals surface area contributed by atoms with Gasteiger partial charge in [-0.05, 0) is 39.0 Å². The van der Waals surface area contributed by atoms with Crippen molar-refractivity contribution in [1.82, 2.24) is 4.90 Å². The Labute approximate surface area is 125 Å². The molecule has 1 amide bonds. The van der Waals surface area contributed by atoms with Crippen molar-refractivity contribution in [2.24, 2.45) is 5.92 Å². The van der Waals surface area contributed by atoms with Crippen LogP contribution in [0.2, 0.25) is 0 Å². The molecular weight excluding hydrogens is 246 g/mol. The molecule has 0 aromatic rings. The summed E-state index contributed by atoms with van der Waals surface area (Å²) < 4.78 is 0. The largest absolute Gasteiger partial charge is 0.338 e. The number of amides is 1. The molecule has 0 aromatic carbocycles. The fourth-order valence-corrected chi connectivity index (χ4v) is 2.10. The molecule has 0 aromatic heterocycles. The molecule has 0 aliphatic carbocycles. The van der Waals surface area contributed by atoms with Crippen LogP contribution in [0, 0.1) is 5.92 Å². The molecule has 0 N–H and O–H groups in total. The maximum atomic E-state index is 12.3. The van der Waals surface area contributed by atoms with E-state index in [4.69, 9.17) is 0 Å². The van der Waals surface area contributed by atoms with Crippen LogP contribution in [-0.4, -0.2) is 23.9 Å². The van der Waals surface area contributed by atoms with Crippen LogP contribution in [0.4, 0.5) is 0 Å². The molecule has 0 saturated heterocycles. The normalized spacial score (nSPS) is 13.8. The second-order valence-electron chi connectivity index (χ2n) is 5.58. The van der Waals surface area contributed by atoms with Crippen LogP contribution in [0.5, 0.6) is 0 Å². The van der Waals surface area contributed by atoms with Crippen LogP contribution in [-0.2, 0) is 4.79 Å². The van der Waals surface area contributed by atoms with E-state index < -0.39 is 0 Å². The molecule has 1 unspecified atom stereocenters. The first-order valence-corrected chi connectivity index (χ1v) is 8.16. The van der Waals surface area contributed by atoms with Crippen molar-refractivity contribution in [2.75, 3.05) is 13.1 Å². The summed E-state index contributed by atoms with van der Waals surface area (Å²) in [4.78, 5) is 14.3. The van der Waals surface area contributed by atoms with Crippen molar-refractivity contribution in [3.8, 4) is 0 Å². The Kier molecular flexibility index (Phi) is 11.1. The molecule has 20 heavy (non-hydrogen) atoms. The molecular formula is C18H33NO. The minimum Gasteiger partial charge on any atom is -0.338 e. The number of hydrogen-bond acceptors (Lipinski definition) is 1. The standard InChI is InChI=1S/C18H33NO/c1-6-9-10-11-12-13-16(4)15-19(14-7-2)18(20)17(5)8-3/h9-10,13,17H,6-8,11-12,14-15H2,1-5H3/b10-9-,16-13-. The van der Waals surface area contributed by atoms with Gasteiger partial charge < -0.3 is 4.90 Å². The summed E-state index contributed by atoms with van der Waals surface area (Å²) in [5.41, 5.74) is 1.31. The maximum absolute atomic E-state index is 12.3. The highest BCUT2D eigenvalue weighted by Gasteiger charge is 2.18. The third-order valence-corrected chi connectivity index (χ3v) is 3.51. The van der Waals surface area contributed by atoms with Crippen molar-refractivity contribution in [2.45, 2.75) is 66.7 Å². The van der Waals surface area contributed by atoms with Crippen molar-refractivity contribution in [3.05, 3.63) is 23.8 Å². The number of carbonyl (C=O) groups excluding carboxylic acids is 1. The zero-order valence-corrected chi connectivity index (χ0v) is 14.1. The zero-order valence-electron chi connectivity index (χ0n) is 14.1. The van der Waals surface area contributed by atoms with E-state index in [1.165, 1.54) is 5.57 Å². The third kappa shape index (κ3) is 8.19. The van der Waals surface area contributed by atoms with E-state index in [0.29, 0.717) is 5.91 Å². The first kappa shape index (κ1) is 18.9. The average molecular weight is 279 g/mol. The average Bonchev–Trinajstić information content (AvgIpc) is 2.45. The Morgan fingerprint density at radius 2 is 1.85 bits per heavy atom. The summed E-state index contributed by atoms with van der Waals surface area (Å²) in [5, 5.41) is 0. The molecule has 116 valence electrons. The molecule has 0 aliphatic heterocycles. The molecule has 0 radical (unpaired) electrons. The van der Waals surface area contributed by atoms with Gasteiger partial charge in [0.25, 0.3) is 0 Å². The Morgan fingerprint density at radius 1 is 1.15 bits per heavy atom. The molecule has 2 heteroatoms. The van der Waals surface area contributed by atoms with Crippen LogP contribution in [0.1, 0.15) is 66.7 Å². The highest BCUT2D eigenvalue weighted by atomic mass is 16.2. The van der Waals surface area contributed by atoms with E-state index in [-0.39, 0.29) is 5.92 Å². The molecule has 0 aliphatic rings. The van der Waals surface area contributed by atoms with Gasteiger partial charge in [-0.15, -0.1) is 0 Å². The lowest BCUT2D eigenvalue weighted by Crippen LogP contribution is -2.36. The topological polar surface area (TPSA) is 20.3 Å². The quantitative estimate of drug-likeness (QED) is 0.408. The summed E-state index contributed by atoms with van der Waals surface area (Å²) in [6, 6.07) is 0. The lowest BCUT2D eigenvalue weighted by molar-refractivity contribution is -0.134. The van der Waals surface area contributed by atoms with Crippen LogP contribution >= 0.6 is 0 Å². The van der Waals surface area contributed by atoms with Crippen LogP contribution in [0.15, 0.2) is 23.8 Å². The second kappa shape index (κ2) is 11.7. The van der Waals surface area contributed by atoms with Crippen molar-refractivity contribution >= 4 is 5.91 Å². The minimum atomic E-state index is 0.141. The Balaban J connectivity index is 4.39. The van der Waals surface area contributed by atoms with Crippen LogP contribution in [0.3, 0.4) is 0 Å². The van der Waals surface area contributed by atoms with Gasteiger partial charge in [0.1, 0.15) is 0 Å². The van der Waals surface area contributed by atoms with Gasteiger partial charge in [-0.1, -0.05) is 51.5 Å². The van der Waals surface area contributed by atoms with Gasteiger partial charge in [0, 0.05) is 19.0 Å². The Hall–Kier alpha value is -1.05. The maximum Gasteiger partial charge on any atom is 0.225 e. The summed E-state index contributed by atoms with van der Waals surface area (Å²) in [6.45, 7) is 12.2. The Bertz CT molecular complexity index is 317. The molecule has 0 heterocycles. The Morgan fingerprint density at radius 3 is 2.40 bits per heavy atom. The van der Waals surface area contributed by atoms with E-state index in [1.807, 2.05) is 11.8 Å². The fraction of sp³-hybridized carbons (Fsp3) is 0.722. The number of allylic oxidation sites excluding steroid dienone is 3. The molecule has 1 atom stereocenters. The third-order valence-electron chi connectivity index (χ3n) is 3.51. The van der Waals surface area contributed by atoms with E-state index in [0.717, 1.165) is 45.2 Å². The summed E-state index contributed by atoms with van der Waals surface area (Å²) in [6.07, 6.45) is 11.9. The van der Waals surface area contributed by atoms with Crippen molar-refractivity contribution in [3.63, 3.8) is 0 Å². The predicted molar refractivity (Wildman–Crippen MR) is 88.7 cm³/mol. The molecule has 0 saturated carbocycles. The fourth-order valence-electron chi connectivity index (χ4n) is 2.10. The lowest BCUT2D eigenvalue weighted by Gasteiger charge is -2.25. The van der Waals surface area contributed by atoms with Gasteiger partial charge >= 0.3 is 0 Å². The molecule has 0 spiro atoms. The number of carbonyl (C=O) groups is 1. The van der Waals surface area contributed by atoms with Gasteiger partial charge in [-0.2, -0.15) is 0 Å². The van der Waals surface area contributed by atoms with Crippen LogP contribution in [0.25, 0.3) is 0 Å². The summed E-state index contributed by atoms with van der Waals surface area (Å²) in [7, 11) is 0. The molecule has 2 nitrogen and oxygen atoms in total. The number of unbranched alkanes of at least 4 members (excludes halogenated alkanes) is 1. The molecule has 0 bridgehead atoms. The predicted octanol–water partition coefficient (Wildman–Crippen LogP) is 4.96. The first-order valence-electron chi connectivity index (χ1n) is 8.16. The van der Waals surface area contributed by atoms with Gasteiger partial charge in [-0.25, -0.2) is 0 Å². The van der Waals surface area contributed by atoms with Crippen molar-refractivity contribution < 1.29 is 4.79 Å². The molecule has 0 rings (SSSR count). The minimum absolute atomic E-state index is 0.141. The second-order valence-corrected chi connectivity index (χ2v) is 5.58. The molecule has 0 fully saturated rings. The van der Waals surface area contributed by atoms with E-state index in [1.54, 1.807) is 0 Å². The summed E-state index contributed by atoms with van der Waals surface area (Å²) >= 11 is 0. The van der Waals surface area contributed by atoms with Gasteiger partial charge in [0.05, 0.1) is 0 Å². The highest BCUT2D eigenvalue weighted by Crippen LogP contribution is 2.10. The zero-order chi connectivity index (χ0) is 15.4. The number of nitrogens with zero attached hydrogens (tertiary/aromatic N) is 1. The SMILES string of the molecule is CC/C=C\CC/C=C(/C)CN(CCC)C(=O)C(C)CC. The van der Waals surface area contributed by atoms with E-state index in [9.17, 15) is 4.79 Å². The van der Waals surface area contributed by atoms with E-state index in [2.05, 4.69) is 45.9 Å². The van der Waals surface area contributed by atoms with E-state index >= 15 is 0 Å². The number of rotatable bonds is 10. The van der Waals surface area contributed by atoms with Gasteiger partial charge in [0.15, 0.2) is 0 Å². The summed E-state index contributed by atoms with van der Waals surface area (Å²) in [5.74, 6) is 0.440. The highest BCUT2D eigenvalue weighted by molar-refractivity contribution is 5.78. The monoisotopic (exact) mass is 279 g/mol. The number of hydrogen-bond donors (Lipinski definition) is 0. The van der Waals surface area contributed by atoms with Crippen LogP contribution < -0.4 is 0 Å². The van der Waals surface area contributed by atoms with Crippen molar-refractivity contribution in [1.29, 1.82) is 0 Å². The first-order chi connectivity index (χ1) is 9.56.